The maximum atomic E-state index is 12.4. The van der Waals surface area contributed by atoms with Crippen LogP contribution in [0.4, 0.5) is 13.2 Å². The number of aryl methyl sites for hydroxylation is 1. The Bertz CT molecular complexity index is 818. The molecule has 0 N–H and O–H groups in total. The summed E-state index contributed by atoms with van der Waals surface area (Å²) in [5.74, 6) is -0.611. The van der Waals surface area contributed by atoms with Crippen molar-refractivity contribution >= 4 is 17.7 Å². The van der Waals surface area contributed by atoms with Crippen molar-refractivity contribution in [2.24, 2.45) is 0 Å². The highest BCUT2D eigenvalue weighted by Gasteiger charge is 2.30. The normalized spacial score (nSPS) is 12.0. The monoisotopic (exact) mass is 388 g/mol. The first kappa shape index (κ1) is 19.7. The van der Waals surface area contributed by atoms with E-state index >= 15 is 0 Å². The molecule has 140 valence electrons. The Morgan fingerprint density at radius 2 is 2.00 bits per heavy atom. The highest BCUT2D eigenvalue weighted by molar-refractivity contribution is 8.00. The number of esters is 1. The Kier molecular flexibility index (Phi) is 6.19. The number of carbonyl (C=O) groups excluding carboxylic acids is 1. The molecule has 0 saturated carbocycles. The quantitative estimate of drug-likeness (QED) is 0.324. The summed E-state index contributed by atoms with van der Waals surface area (Å²) in [7, 11) is 2.54. The van der Waals surface area contributed by atoms with E-state index in [1.165, 1.54) is 37.2 Å². The number of carbonyl (C=O) groups is 1. The maximum Gasteiger partial charge on any atom is 0.447 e. The first-order chi connectivity index (χ1) is 12.2. The molecule has 0 atom stereocenters. The molecule has 0 aliphatic carbocycles. The van der Waals surface area contributed by atoms with Crippen molar-refractivity contribution in [1.82, 2.24) is 9.78 Å². The molecule has 0 saturated heterocycles. The van der Waals surface area contributed by atoms with Crippen LogP contribution in [0.15, 0.2) is 47.5 Å². The van der Waals surface area contributed by atoms with E-state index < -0.39 is 11.5 Å². The van der Waals surface area contributed by atoms with E-state index in [2.05, 4.69) is 9.84 Å². The molecule has 0 fully saturated rings. The molecule has 0 aliphatic heterocycles. The third-order valence-corrected chi connectivity index (χ3v) is 3.71. The molecular weight excluding hydrogens is 373 g/mol. The van der Waals surface area contributed by atoms with Crippen LogP contribution in [-0.4, -0.2) is 35.5 Å². The van der Waals surface area contributed by atoms with Crippen molar-refractivity contribution in [3.05, 3.63) is 48.0 Å². The van der Waals surface area contributed by atoms with Crippen LogP contribution < -0.4 is 4.74 Å². The number of hydrogen-bond donors (Lipinski definition) is 0. The van der Waals surface area contributed by atoms with Gasteiger partial charge in [0.1, 0.15) is 17.0 Å². The van der Waals surface area contributed by atoms with Gasteiger partial charge in [0.2, 0.25) is 5.76 Å². The summed E-state index contributed by atoms with van der Waals surface area (Å²) < 4.78 is 53.5. The summed E-state index contributed by atoms with van der Waals surface area (Å²) in [5, 5.41) is 3.69. The SMILES string of the molecule is CO/C=C(\Oc1cc(-n2ccc(SC(F)(F)F)n2)ccc1C)C(=O)OC. The van der Waals surface area contributed by atoms with Crippen molar-refractivity contribution < 1.29 is 32.2 Å². The van der Waals surface area contributed by atoms with Crippen molar-refractivity contribution in [3.63, 3.8) is 0 Å². The van der Waals surface area contributed by atoms with Crippen molar-refractivity contribution in [1.29, 1.82) is 0 Å². The molecule has 6 nitrogen and oxygen atoms in total. The predicted molar refractivity (Wildman–Crippen MR) is 87.9 cm³/mol. The van der Waals surface area contributed by atoms with Crippen LogP contribution in [0.3, 0.4) is 0 Å². The van der Waals surface area contributed by atoms with E-state index in [0.717, 1.165) is 6.26 Å². The molecule has 26 heavy (non-hydrogen) atoms. The zero-order valence-electron chi connectivity index (χ0n) is 14.0. The summed E-state index contributed by atoms with van der Waals surface area (Å²) in [6.07, 6.45) is 2.48. The van der Waals surface area contributed by atoms with Crippen molar-refractivity contribution in [2.45, 2.75) is 17.5 Å². The van der Waals surface area contributed by atoms with Crippen LogP contribution >= 0.6 is 11.8 Å². The van der Waals surface area contributed by atoms with Gasteiger partial charge in [-0.2, -0.15) is 18.3 Å². The van der Waals surface area contributed by atoms with Gasteiger partial charge in [0.25, 0.3) is 0 Å². The Hall–Kier alpha value is -2.62. The number of thioether (sulfide) groups is 1. The number of rotatable bonds is 6. The fraction of sp³-hybridized carbons (Fsp3) is 0.250. The molecule has 2 rings (SSSR count). The molecule has 10 heteroatoms. The van der Waals surface area contributed by atoms with E-state index in [9.17, 15) is 18.0 Å². The third-order valence-electron chi connectivity index (χ3n) is 3.05. The van der Waals surface area contributed by atoms with Crippen molar-refractivity contribution in [3.8, 4) is 11.4 Å². The summed E-state index contributed by atoms with van der Waals surface area (Å²) in [5.41, 5.74) is -3.26. The maximum absolute atomic E-state index is 12.4. The van der Waals surface area contributed by atoms with E-state index in [4.69, 9.17) is 9.47 Å². The van der Waals surface area contributed by atoms with Gasteiger partial charge < -0.3 is 14.2 Å². The highest BCUT2D eigenvalue weighted by atomic mass is 32.2. The van der Waals surface area contributed by atoms with Crippen LogP contribution in [0, 0.1) is 6.92 Å². The second-order valence-electron chi connectivity index (χ2n) is 4.91. The van der Waals surface area contributed by atoms with Gasteiger partial charge in [-0.1, -0.05) is 6.07 Å². The fourth-order valence-corrected chi connectivity index (χ4v) is 2.40. The van der Waals surface area contributed by atoms with Gasteiger partial charge in [0.05, 0.1) is 19.9 Å². The summed E-state index contributed by atoms with van der Waals surface area (Å²) in [6, 6.07) is 6.14. The highest BCUT2D eigenvalue weighted by Crippen LogP contribution is 2.36. The van der Waals surface area contributed by atoms with Crippen molar-refractivity contribution in [2.75, 3.05) is 14.2 Å². The molecule has 0 unspecified atom stereocenters. The average molecular weight is 388 g/mol. The molecule has 2 aromatic rings. The zero-order valence-corrected chi connectivity index (χ0v) is 14.9. The van der Waals surface area contributed by atoms with E-state index in [1.807, 2.05) is 0 Å². The predicted octanol–water partition coefficient (Wildman–Crippen LogP) is 3.83. The van der Waals surface area contributed by atoms with Gasteiger partial charge in [0, 0.05) is 24.0 Å². The Labute approximate surface area is 151 Å². The lowest BCUT2D eigenvalue weighted by molar-refractivity contribution is -0.138. The molecule has 0 aliphatic rings. The Morgan fingerprint density at radius 3 is 2.62 bits per heavy atom. The third kappa shape index (κ3) is 5.19. The van der Waals surface area contributed by atoms with Crippen LogP contribution in [0.25, 0.3) is 5.69 Å². The van der Waals surface area contributed by atoms with Crippen LogP contribution in [0.2, 0.25) is 0 Å². The van der Waals surface area contributed by atoms with Crippen LogP contribution in [-0.2, 0) is 14.3 Å². The number of hydrogen-bond acceptors (Lipinski definition) is 6. The number of alkyl halides is 3. The number of ether oxygens (including phenoxy) is 3. The topological polar surface area (TPSA) is 62.6 Å². The van der Waals surface area contributed by atoms with E-state index in [0.29, 0.717) is 17.0 Å². The molecule has 1 aromatic heterocycles. The van der Waals surface area contributed by atoms with Gasteiger partial charge in [-0.15, -0.1) is 0 Å². The van der Waals surface area contributed by atoms with Gasteiger partial charge in [0.15, 0.2) is 0 Å². The van der Waals surface area contributed by atoms with Gasteiger partial charge >= 0.3 is 11.5 Å². The Balaban J connectivity index is 2.29. The summed E-state index contributed by atoms with van der Waals surface area (Å²) >= 11 is -0.302. The molecule has 1 heterocycles. The lowest BCUT2D eigenvalue weighted by Crippen LogP contribution is -2.12. The van der Waals surface area contributed by atoms with E-state index in [-0.39, 0.29) is 22.5 Å². The fourth-order valence-electron chi connectivity index (χ4n) is 1.91. The lowest BCUT2D eigenvalue weighted by atomic mass is 10.2. The number of aromatic nitrogens is 2. The molecular formula is C16H15F3N2O4S. The second-order valence-corrected chi connectivity index (χ2v) is 5.99. The molecule has 0 amide bonds. The minimum absolute atomic E-state index is 0.177. The molecule has 0 bridgehead atoms. The smallest absolute Gasteiger partial charge is 0.447 e. The first-order valence-corrected chi connectivity index (χ1v) is 7.96. The Morgan fingerprint density at radius 1 is 1.27 bits per heavy atom. The largest absolute Gasteiger partial charge is 0.500 e. The van der Waals surface area contributed by atoms with Gasteiger partial charge in [-0.05, 0) is 24.6 Å². The summed E-state index contributed by atoms with van der Waals surface area (Å²) in [6.45, 7) is 1.74. The van der Waals surface area contributed by atoms with E-state index in [1.54, 1.807) is 19.1 Å². The number of methoxy groups -OCH3 is 2. The second kappa shape index (κ2) is 8.17. The standard InChI is InChI=1S/C16H15F3N2O4S/c1-10-4-5-11(21-7-6-14(20-21)26-16(17,18)19)8-12(10)25-13(9-23-2)15(22)24-3/h4-9H,1-3H3/b13-9-. The lowest BCUT2D eigenvalue weighted by Gasteiger charge is -2.12. The average Bonchev–Trinajstić information content (AvgIpc) is 3.02. The zero-order chi connectivity index (χ0) is 19.3. The molecule has 0 radical (unpaired) electrons. The van der Waals surface area contributed by atoms with Gasteiger partial charge in [-0.25, -0.2) is 9.48 Å². The summed E-state index contributed by atoms with van der Waals surface area (Å²) in [4.78, 5) is 11.7. The van der Waals surface area contributed by atoms with Crippen LogP contribution in [0.1, 0.15) is 5.56 Å². The van der Waals surface area contributed by atoms with Gasteiger partial charge in [-0.3, -0.25) is 0 Å². The number of benzene rings is 1. The molecule has 0 spiro atoms. The van der Waals surface area contributed by atoms with Crippen LogP contribution in [0.5, 0.6) is 5.75 Å². The first-order valence-electron chi connectivity index (χ1n) is 7.15. The number of halogens is 3. The number of nitrogens with zero attached hydrogens (tertiary/aromatic N) is 2. The minimum atomic E-state index is -4.42. The minimum Gasteiger partial charge on any atom is -0.500 e. The molecule has 1 aromatic carbocycles.